The number of piperazine rings is 1. The van der Waals surface area contributed by atoms with Gasteiger partial charge in [0, 0.05) is 44.9 Å². The van der Waals surface area contributed by atoms with Crippen LogP contribution in [0.2, 0.25) is 0 Å². The Balaban J connectivity index is 1.10. The van der Waals surface area contributed by atoms with Crippen molar-refractivity contribution < 1.29 is 23.7 Å². The zero-order valence-electron chi connectivity index (χ0n) is 18.3. The summed E-state index contributed by atoms with van der Waals surface area (Å²) in [7, 11) is 0. The first kappa shape index (κ1) is 21.1. The van der Waals surface area contributed by atoms with E-state index in [1.165, 1.54) is 5.56 Å². The van der Waals surface area contributed by atoms with Crippen molar-refractivity contribution in [2.24, 2.45) is 0 Å². The highest BCUT2D eigenvalue weighted by Crippen LogP contribution is 2.31. The summed E-state index contributed by atoms with van der Waals surface area (Å²) in [5.41, 5.74) is 1.90. The number of carbonyl (C=O) groups is 1. The van der Waals surface area contributed by atoms with Crippen molar-refractivity contribution in [1.29, 1.82) is 0 Å². The lowest BCUT2D eigenvalue weighted by atomic mass is 10.1. The fraction of sp³-hybridized carbons (Fsp3) is 0.480. The molecule has 0 bridgehead atoms. The van der Waals surface area contributed by atoms with Gasteiger partial charge in [0.2, 0.25) is 0 Å². The Hall–Kier alpha value is -2.77. The van der Waals surface area contributed by atoms with Crippen LogP contribution in [0.5, 0.6) is 17.2 Å². The minimum atomic E-state index is 0.0784. The van der Waals surface area contributed by atoms with Gasteiger partial charge in [-0.2, -0.15) is 0 Å². The van der Waals surface area contributed by atoms with Gasteiger partial charge in [0.15, 0.2) is 11.5 Å². The lowest BCUT2D eigenvalue weighted by Gasteiger charge is -2.35. The van der Waals surface area contributed by atoms with Crippen LogP contribution in [0.3, 0.4) is 0 Å². The number of carbonyl (C=O) groups excluding carboxylic acids is 1. The second kappa shape index (κ2) is 9.79. The van der Waals surface area contributed by atoms with Crippen LogP contribution in [0.25, 0.3) is 0 Å². The Kier molecular flexibility index (Phi) is 6.46. The molecule has 0 aromatic heterocycles. The summed E-state index contributed by atoms with van der Waals surface area (Å²) in [6.45, 7) is 6.58. The van der Waals surface area contributed by atoms with E-state index >= 15 is 0 Å². The molecule has 0 aliphatic carbocycles. The summed E-state index contributed by atoms with van der Waals surface area (Å²) in [5.74, 6) is 2.50. The predicted octanol–water partition coefficient (Wildman–Crippen LogP) is 2.97. The van der Waals surface area contributed by atoms with Crippen LogP contribution < -0.4 is 14.2 Å². The number of rotatable bonds is 6. The van der Waals surface area contributed by atoms with Crippen LogP contribution in [0, 0.1) is 0 Å². The normalized spacial score (nSPS) is 20.9. The van der Waals surface area contributed by atoms with Crippen LogP contribution in [-0.2, 0) is 11.3 Å². The number of hydrogen-bond acceptors (Lipinski definition) is 6. The maximum atomic E-state index is 12.9. The van der Waals surface area contributed by atoms with E-state index in [1.807, 2.05) is 35.2 Å². The molecule has 2 aromatic carbocycles. The lowest BCUT2D eigenvalue weighted by Crippen LogP contribution is -2.48. The number of benzene rings is 2. The quantitative estimate of drug-likeness (QED) is 0.691. The molecule has 0 spiro atoms. The largest absolute Gasteiger partial charge is 0.491 e. The predicted molar refractivity (Wildman–Crippen MR) is 120 cm³/mol. The highest BCUT2D eigenvalue weighted by Gasteiger charge is 2.23. The lowest BCUT2D eigenvalue weighted by molar-refractivity contribution is 0.0626. The molecule has 0 radical (unpaired) electrons. The molecule has 1 amide bonds. The molecule has 1 atom stereocenters. The summed E-state index contributed by atoms with van der Waals surface area (Å²) < 4.78 is 22.7. The summed E-state index contributed by atoms with van der Waals surface area (Å²) in [4.78, 5) is 17.2. The fourth-order valence-corrected chi connectivity index (χ4v) is 4.39. The van der Waals surface area contributed by atoms with Gasteiger partial charge in [-0.25, -0.2) is 0 Å². The van der Waals surface area contributed by atoms with Gasteiger partial charge >= 0.3 is 0 Å². The van der Waals surface area contributed by atoms with Crippen molar-refractivity contribution in [2.45, 2.75) is 25.5 Å². The van der Waals surface area contributed by atoms with Crippen molar-refractivity contribution in [1.82, 2.24) is 9.80 Å². The smallest absolute Gasteiger partial charge is 0.253 e. The van der Waals surface area contributed by atoms with Crippen molar-refractivity contribution in [2.75, 3.05) is 52.6 Å². The molecule has 7 heteroatoms. The Morgan fingerprint density at radius 3 is 2.47 bits per heavy atom. The first-order valence-corrected chi connectivity index (χ1v) is 11.5. The van der Waals surface area contributed by atoms with Gasteiger partial charge in [-0.05, 0) is 54.8 Å². The van der Waals surface area contributed by atoms with Crippen LogP contribution in [0.4, 0.5) is 0 Å². The maximum Gasteiger partial charge on any atom is 0.253 e. The molecule has 0 saturated carbocycles. The molecule has 3 heterocycles. The third kappa shape index (κ3) is 5.00. The number of amides is 1. The van der Waals surface area contributed by atoms with Crippen LogP contribution in [0.1, 0.15) is 28.8 Å². The summed E-state index contributed by atoms with van der Waals surface area (Å²) in [5, 5.41) is 0. The Bertz CT molecular complexity index is 918. The fourth-order valence-electron chi connectivity index (χ4n) is 4.39. The first-order chi connectivity index (χ1) is 15.7. The van der Waals surface area contributed by atoms with Crippen LogP contribution in [0.15, 0.2) is 42.5 Å². The molecule has 2 saturated heterocycles. The second-order valence-electron chi connectivity index (χ2n) is 8.52. The van der Waals surface area contributed by atoms with Crippen LogP contribution >= 0.6 is 0 Å². The van der Waals surface area contributed by atoms with E-state index < -0.39 is 0 Å². The molecule has 5 rings (SSSR count). The van der Waals surface area contributed by atoms with Gasteiger partial charge in [0.05, 0.1) is 6.10 Å². The SMILES string of the molecule is O=C(c1ccc(OCC2CCCO2)cc1)N1CCN(Cc2ccc3c(c2)OCCO3)CC1. The summed E-state index contributed by atoms with van der Waals surface area (Å²) in [6, 6.07) is 13.6. The van der Waals surface area contributed by atoms with Gasteiger partial charge < -0.3 is 23.8 Å². The van der Waals surface area contributed by atoms with Crippen molar-refractivity contribution in [3.05, 3.63) is 53.6 Å². The molecule has 1 unspecified atom stereocenters. The van der Waals surface area contributed by atoms with Crippen LogP contribution in [-0.4, -0.2) is 74.4 Å². The number of hydrogen-bond donors (Lipinski definition) is 0. The second-order valence-corrected chi connectivity index (χ2v) is 8.52. The Morgan fingerprint density at radius 2 is 1.72 bits per heavy atom. The number of fused-ring (bicyclic) bond motifs is 1. The van der Waals surface area contributed by atoms with E-state index in [0.717, 1.165) is 69.4 Å². The average Bonchev–Trinajstić information content (AvgIpc) is 3.37. The van der Waals surface area contributed by atoms with Gasteiger partial charge in [-0.1, -0.05) is 6.07 Å². The standard InChI is InChI=1S/C25H30N2O5/c28-25(20-4-6-21(7-5-20)32-18-22-2-1-13-29-22)27-11-9-26(10-12-27)17-19-3-8-23-24(16-19)31-15-14-30-23/h3-8,16,22H,1-2,9-15,17-18H2. The highest BCUT2D eigenvalue weighted by molar-refractivity contribution is 5.94. The topological polar surface area (TPSA) is 60.5 Å². The van der Waals surface area contributed by atoms with Crippen molar-refractivity contribution in [3.63, 3.8) is 0 Å². The van der Waals surface area contributed by atoms with E-state index in [0.29, 0.717) is 25.4 Å². The third-order valence-corrected chi connectivity index (χ3v) is 6.23. The molecule has 2 fully saturated rings. The first-order valence-electron chi connectivity index (χ1n) is 11.5. The van der Waals surface area contributed by atoms with Gasteiger partial charge in [0.25, 0.3) is 5.91 Å². The van der Waals surface area contributed by atoms with E-state index in [9.17, 15) is 4.79 Å². The van der Waals surface area contributed by atoms with E-state index in [-0.39, 0.29) is 12.0 Å². The van der Waals surface area contributed by atoms with Crippen molar-refractivity contribution in [3.8, 4) is 17.2 Å². The molecule has 3 aliphatic heterocycles. The summed E-state index contributed by atoms with van der Waals surface area (Å²) in [6.07, 6.45) is 2.34. The van der Waals surface area contributed by atoms with Gasteiger partial charge in [0.1, 0.15) is 25.6 Å². The molecule has 170 valence electrons. The third-order valence-electron chi connectivity index (χ3n) is 6.23. The Morgan fingerprint density at radius 1 is 0.938 bits per heavy atom. The zero-order valence-corrected chi connectivity index (χ0v) is 18.3. The maximum absolute atomic E-state index is 12.9. The molecule has 7 nitrogen and oxygen atoms in total. The number of ether oxygens (including phenoxy) is 4. The van der Waals surface area contributed by atoms with Gasteiger partial charge in [-0.3, -0.25) is 9.69 Å². The molecular weight excluding hydrogens is 408 g/mol. The molecule has 3 aliphatic rings. The average molecular weight is 439 g/mol. The van der Waals surface area contributed by atoms with E-state index in [4.69, 9.17) is 18.9 Å². The minimum Gasteiger partial charge on any atom is -0.491 e. The molecular formula is C25H30N2O5. The summed E-state index contributed by atoms with van der Waals surface area (Å²) >= 11 is 0. The van der Waals surface area contributed by atoms with E-state index in [2.05, 4.69) is 17.0 Å². The monoisotopic (exact) mass is 438 g/mol. The number of nitrogens with zero attached hydrogens (tertiary/aromatic N) is 2. The zero-order chi connectivity index (χ0) is 21.8. The van der Waals surface area contributed by atoms with Gasteiger partial charge in [-0.15, -0.1) is 0 Å². The molecule has 0 N–H and O–H groups in total. The molecule has 32 heavy (non-hydrogen) atoms. The Labute approximate surface area is 188 Å². The molecule has 2 aromatic rings. The highest BCUT2D eigenvalue weighted by atomic mass is 16.6. The van der Waals surface area contributed by atoms with E-state index in [1.54, 1.807) is 0 Å². The minimum absolute atomic E-state index is 0.0784. The van der Waals surface area contributed by atoms with Crippen molar-refractivity contribution >= 4 is 5.91 Å².